The fourth-order valence-corrected chi connectivity index (χ4v) is 4.10. The summed E-state index contributed by atoms with van der Waals surface area (Å²) in [5.74, 6) is 0.859. The Labute approximate surface area is 190 Å². The third-order valence-electron chi connectivity index (χ3n) is 6.05. The summed E-state index contributed by atoms with van der Waals surface area (Å²) in [6.45, 7) is 1.02. The van der Waals surface area contributed by atoms with Gasteiger partial charge in [0.2, 0.25) is 0 Å². The molecule has 1 saturated heterocycles. The predicted octanol–water partition coefficient (Wildman–Crippen LogP) is 1.54. The standard InChI is InChI=1S/C22H27N7O4/c1-23-19-10-18(27-20-14(11-24-29(19)20)21(30)25-13-5-6-13)26-15-4-3-8-28(22(15)31)16-7-9-33-12-17(16)32-2/h3-4,8,10-11,13,16-17,23H,5-7,9,12H2,1-2H3,(H,25,30)(H,26,27)/t16-,17+/m1/s1. The summed E-state index contributed by atoms with van der Waals surface area (Å²) in [7, 11) is 3.39. The van der Waals surface area contributed by atoms with Gasteiger partial charge in [0.1, 0.15) is 29.0 Å². The molecule has 1 amide bonds. The van der Waals surface area contributed by atoms with Crippen LogP contribution in [0.15, 0.2) is 35.4 Å². The summed E-state index contributed by atoms with van der Waals surface area (Å²) >= 11 is 0. The smallest absolute Gasteiger partial charge is 0.274 e. The molecule has 11 nitrogen and oxygen atoms in total. The molecule has 0 radical (unpaired) electrons. The third-order valence-corrected chi connectivity index (χ3v) is 6.05. The minimum atomic E-state index is -0.202. The summed E-state index contributed by atoms with van der Waals surface area (Å²) in [5, 5.41) is 13.5. The molecular formula is C22H27N7O4. The Morgan fingerprint density at radius 3 is 2.91 bits per heavy atom. The van der Waals surface area contributed by atoms with E-state index in [-0.39, 0.29) is 29.7 Å². The van der Waals surface area contributed by atoms with Gasteiger partial charge in [0.15, 0.2) is 5.65 Å². The number of ether oxygens (including phenoxy) is 2. The van der Waals surface area contributed by atoms with Crippen LogP contribution < -0.4 is 21.5 Å². The van der Waals surface area contributed by atoms with Gasteiger partial charge in [-0.15, -0.1) is 0 Å². The zero-order valence-electron chi connectivity index (χ0n) is 18.6. The molecule has 1 aliphatic heterocycles. The van der Waals surface area contributed by atoms with Crippen molar-refractivity contribution in [3.8, 4) is 0 Å². The number of carbonyl (C=O) groups excluding carboxylic acids is 1. The number of nitrogens with one attached hydrogen (secondary N) is 3. The second-order valence-electron chi connectivity index (χ2n) is 8.28. The first-order valence-corrected chi connectivity index (χ1v) is 11.0. The van der Waals surface area contributed by atoms with Crippen LogP contribution in [-0.2, 0) is 9.47 Å². The topological polar surface area (TPSA) is 124 Å². The highest BCUT2D eigenvalue weighted by molar-refractivity contribution is 6.00. The summed E-state index contributed by atoms with van der Waals surface area (Å²) in [4.78, 5) is 30.5. The van der Waals surface area contributed by atoms with Gasteiger partial charge in [-0.3, -0.25) is 9.59 Å². The molecular weight excluding hydrogens is 426 g/mol. The van der Waals surface area contributed by atoms with Crippen LogP contribution in [0.5, 0.6) is 0 Å². The van der Waals surface area contributed by atoms with Crippen molar-refractivity contribution < 1.29 is 14.3 Å². The number of aromatic nitrogens is 4. The quantitative estimate of drug-likeness (QED) is 0.492. The molecule has 11 heteroatoms. The molecule has 33 heavy (non-hydrogen) atoms. The SMILES string of the molecule is CNc1cc(Nc2cccn([C@@H]3CCOC[C@@H]3OC)c2=O)nc2c(C(=O)NC3CC3)cnn12. The third kappa shape index (κ3) is 4.16. The first kappa shape index (κ1) is 21.4. The predicted molar refractivity (Wildman–Crippen MR) is 122 cm³/mol. The molecule has 1 aliphatic carbocycles. The van der Waals surface area contributed by atoms with Crippen LogP contribution in [-0.4, -0.2) is 64.6 Å². The van der Waals surface area contributed by atoms with Crippen LogP contribution in [0.3, 0.4) is 0 Å². The van der Waals surface area contributed by atoms with E-state index in [0.29, 0.717) is 48.2 Å². The maximum atomic E-state index is 13.3. The average Bonchev–Trinajstić information content (AvgIpc) is 3.54. The number of methoxy groups -OCH3 is 1. The first-order chi connectivity index (χ1) is 16.1. The van der Waals surface area contributed by atoms with E-state index < -0.39 is 0 Å². The second kappa shape index (κ2) is 8.83. The number of pyridine rings is 1. The molecule has 1 saturated carbocycles. The van der Waals surface area contributed by atoms with Crippen molar-refractivity contribution in [1.29, 1.82) is 0 Å². The van der Waals surface area contributed by atoms with E-state index in [9.17, 15) is 9.59 Å². The van der Waals surface area contributed by atoms with Crippen molar-refractivity contribution in [3.63, 3.8) is 0 Å². The zero-order valence-corrected chi connectivity index (χ0v) is 18.6. The Hall–Kier alpha value is -3.44. The van der Waals surface area contributed by atoms with E-state index in [1.54, 1.807) is 41.6 Å². The van der Waals surface area contributed by atoms with Crippen molar-refractivity contribution in [1.82, 2.24) is 24.5 Å². The lowest BCUT2D eigenvalue weighted by Crippen LogP contribution is -2.40. The Kier molecular flexibility index (Phi) is 5.73. The molecule has 3 aromatic heterocycles. The second-order valence-corrected chi connectivity index (χ2v) is 8.28. The minimum absolute atomic E-state index is 0.117. The number of nitrogens with zero attached hydrogens (tertiary/aromatic N) is 4. The van der Waals surface area contributed by atoms with Crippen LogP contribution in [0.2, 0.25) is 0 Å². The normalized spacial score (nSPS) is 20.5. The summed E-state index contributed by atoms with van der Waals surface area (Å²) in [6, 6.07) is 5.38. The van der Waals surface area contributed by atoms with Crippen molar-refractivity contribution in [2.75, 3.05) is 38.0 Å². The molecule has 3 aromatic rings. The highest BCUT2D eigenvalue weighted by atomic mass is 16.5. The van der Waals surface area contributed by atoms with Crippen LogP contribution in [0.1, 0.15) is 35.7 Å². The van der Waals surface area contributed by atoms with Crippen LogP contribution in [0.4, 0.5) is 17.3 Å². The molecule has 5 rings (SSSR count). The van der Waals surface area contributed by atoms with Gasteiger partial charge in [-0.1, -0.05) is 0 Å². The number of hydrogen-bond donors (Lipinski definition) is 3. The first-order valence-electron chi connectivity index (χ1n) is 11.0. The highest BCUT2D eigenvalue weighted by Gasteiger charge is 2.29. The van der Waals surface area contributed by atoms with Gasteiger partial charge in [-0.25, -0.2) is 4.98 Å². The van der Waals surface area contributed by atoms with E-state index in [0.717, 1.165) is 12.8 Å². The fourth-order valence-electron chi connectivity index (χ4n) is 4.10. The number of hydrogen-bond acceptors (Lipinski definition) is 8. The largest absolute Gasteiger partial charge is 0.379 e. The Morgan fingerprint density at radius 1 is 1.30 bits per heavy atom. The Balaban J connectivity index is 1.49. The molecule has 2 atom stereocenters. The molecule has 4 heterocycles. The van der Waals surface area contributed by atoms with Crippen molar-refractivity contribution in [3.05, 3.63) is 46.5 Å². The minimum Gasteiger partial charge on any atom is -0.379 e. The highest BCUT2D eigenvalue weighted by Crippen LogP contribution is 2.25. The molecule has 0 spiro atoms. The van der Waals surface area contributed by atoms with Crippen molar-refractivity contribution >= 4 is 28.9 Å². The molecule has 2 fully saturated rings. The summed E-state index contributed by atoms with van der Waals surface area (Å²) in [5.41, 5.74) is 0.987. The van der Waals surface area contributed by atoms with Gasteiger partial charge in [0.25, 0.3) is 11.5 Å². The number of carbonyl (C=O) groups is 1. The van der Waals surface area contributed by atoms with E-state index in [1.807, 2.05) is 6.07 Å². The number of anilines is 3. The fraction of sp³-hybridized carbons (Fsp3) is 0.455. The average molecular weight is 454 g/mol. The lowest BCUT2D eigenvalue weighted by Gasteiger charge is -2.32. The van der Waals surface area contributed by atoms with E-state index in [4.69, 9.17) is 9.47 Å². The number of rotatable bonds is 7. The Morgan fingerprint density at radius 2 is 2.15 bits per heavy atom. The maximum absolute atomic E-state index is 13.3. The van der Waals surface area contributed by atoms with Gasteiger partial charge < -0.3 is 30.0 Å². The van der Waals surface area contributed by atoms with Gasteiger partial charge in [-0.2, -0.15) is 9.61 Å². The van der Waals surface area contributed by atoms with E-state index in [2.05, 4.69) is 26.0 Å². The molecule has 0 bridgehead atoms. The monoisotopic (exact) mass is 453 g/mol. The molecule has 0 unspecified atom stereocenters. The summed E-state index contributed by atoms with van der Waals surface area (Å²) < 4.78 is 14.3. The van der Waals surface area contributed by atoms with Gasteiger partial charge in [-0.05, 0) is 31.4 Å². The van der Waals surface area contributed by atoms with Gasteiger partial charge >= 0.3 is 0 Å². The zero-order chi connectivity index (χ0) is 22.9. The van der Waals surface area contributed by atoms with Gasteiger partial charge in [0.05, 0.1) is 18.8 Å². The lowest BCUT2D eigenvalue weighted by molar-refractivity contribution is -0.0609. The molecule has 2 aliphatic rings. The van der Waals surface area contributed by atoms with E-state index in [1.165, 1.54) is 6.20 Å². The summed E-state index contributed by atoms with van der Waals surface area (Å²) in [6.07, 6.45) is 5.75. The van der Waals surface area contributed by atoms with Crippen LogP contribution >= 0.6 is 0 Å². The van der Waals surface area contributed by atoms with Crippen molar-refractivity contribution in [2.45, 2.75) is 37.5 Å². The number of fused-ring (bicyclic) bond motifs is 1. The Bertz CT molecular complexity index is 1230. The molecule has 3 N–H and O–H groups in total. The molecule has 0 aromatic carbocycles. The molecule has 174 valence electrons. The van der Waals surface area contributed by atoms with Gasteiger partial charge in [0, 0.05) is 39.1 Å². The van der Waals surface area contributed by atoms with Crippen LogP contribution in [0, 0.1) is 0 Å². The van der Waals surface area contributed by atoms with E-state index >= 15 is 0 Å². The maximum Gasteiger partial charge on any atom is 0.274 e. The number of amides is 1. The van der Waals surface area contributed by atoms with Crippen LogP contribution in [0.25, 0.3) is 5.65 Å². The van der Waals surface area contributed by atoms with Crippen molar-refractivity contribution in [2.24, 2.45) is 0 Å². The lowest BCUT2D eigenvalue weighted by atomic mass is 10.1.